The summed E-state index contributed by atoms with van der Waals surface area (Å²) < 4.78 is 12.2. The maximum absolute atomic E-state index is 11.9. The summed E-state index contributed by atoms with van der Waals surface area (Å²) in [4.78, 5) is 12.4. The van der Waals surface area contributed by atoms with Crippen molar-refractivity contribution >= 4 is 51.9 Å². The Hall–Kier alpha value is -2.02. The normalized spacial score (nSPS) is 15.0. The molecule has 1 aliphatic heterocycles. The third-order valence-electron chi connectivity index (χ3n) is 4.03. The van der Waals surface area contributed by atoms with E-state index >= 15 is 0 Å². The van der Waals surface area contributed by atoms with E-state index in [0.717, 1.165) is 23.3 Å². The molecule has 0 saturated carbocycles. The van der Waals surface area contributed by atoms with Gasteiger partial charge >= 0.3 is 0 Å². The molecule has 0 atom stereocenters. The molecular weight excluding hydrogens is 414 g/mol. The highest BCUT2D eigenvalue weighted by molar-refractivity contribution is 8.26. The van der Waals surface area contributed by atoms with Gasteiger partial charge in [-0.3, -0.25) is 4.79 Å². The van der Waals surface area contributed by atoms with E-state index in [1.165, 1.54) is 17.3 Å². The standard InChI is InChI=1S/C21H20ClNO3S2/c1-13-4-6-17(14(2)10-13)25-8-3-9-26-18-7-5-16(22)11-15(18)12-19-20(24)23-21(27)28-19/h4-7,10-12H,3,8-9H2,1-2H3,(H,23,24,27)/b19-12+. The molecule has 3 rings (SSSR count). The topological polar surface area (TPSA) is 47.6 Å². The minimum absolute atomic E-state index is 0.206. The van der Waals surface area contributed by atoms with Crippen LogP contribution in [0.2, 0.25) is 5.02 Å². The molecular formula is C21H20ClNO3S2. The van der Waals surface area contributed by atoms with Crippen LogP contribution < -0.4 is 14.8 Å². The summed E-state index contributed by atoms with van der Waals surface area (Å²) in [6.45, 7) is 5.14. The first-order chi connectivity index (χ1) is 13.4. The fourth-order valence-corrected chi connectivity index (χ4v) is 3.93. The van der Waals surface area contributed by atoms with Gasteiger partial charge in [-0.1, -0.05) is 53.3 Å². The van der Waals surface area contributed by atoms with Crippen molar-refractivity contribution < 1.29 is 14.3 Å². The average Bonchev–Trinajstić information content (AvgIpc) is 2.95. The molecule has 0 unspecified atom stereocenters. The van der Waals surface area contributed by atoms with Crippen LogP contribution in [0.4, 0.5) is 0 Å². The van der Waals surface area contributed by atoms with Crippen molar-refractivity contribution in [3.8, 4) is 11.5 Å². The van der Waals surface area contributed by atoms with Crippen LogP contribution in [0.25, 0.3) is 6.08 Å². The molecule has 1 aliphatic rings. The number of halogens is 1. The van der Waals surface area contributed by atoms with Crippen LogP contribution in [0.5, 0.6) is 11.5 Å². The van der Waals surface area contributed by atoms with E-state index in [4.69, 9.17) is 33.3 Å². The second kappa shape index (κ2) is 9.45. The quantitative estimate of drug-likeness (QED) is 0.365. The van der Waals surface area contributed by atoms with E-state index in [0.29, 0.717) is 33.2 Å². The smallest absolute Gasteiger partial charge is 0.263 e. The molecule has 0 aromatic heterocycles. The Morgan fingerprint density at radius 2 is 1.82 bits per heavy atom. The van der Waals surface area contributed by atoms with E-state index in [2.05, 4.69) is 18.3 Å². The zero-order valence-corrected chi connectivity index (χ0v) is 18.0. The lowest BCUT2D eigenvalue weighted by Crippen LogP contribution is -2.17. The van der Waals surface area contributed by atoms with Crippen LogP contribution in [0.1, 0.15) is 23.1 Å². The maximum Gasteiger partial charge on any atom is 0.263 e. The molecule has 4 nitrogen and oxygen atoms in total. The molecule has 0 radical (unpaired) electrons. The van der Waals surface area contributed by atoms with Crippen LogP contribution >= 0.6 is 35.6 Å². The van der Waals surface area contributed by atoms with Crippen molar-refractivity contribution in [2.24, 2.45) is 0 Å². The second-order valence-corrected chi connectivity index (χ2v) is 8.51. The third kappa shape index (κ3) is 5.50. The Morgan fingerprint density at radius 3 is 2.50 bits per heavy atom. The van der Waals surface area contributed by atoms with Crippen LogP contribution in [0, 0.1) is 13.8 Å². The molecule has 2 aromatic carbocycles. The van der Waals surface area contributed by atoms with Crippen molar-refractivity contribution in [1.82, 2.24) is 5.32 Å². The summed E-state index contributed by atoms with van der Waals surface area (Å²) in [6.07, 6.45) is 2.47. The Labute approximate surface area is 179 Å². The first-order valence-electron chi connectivity index (χ1n) is 8.79. The van der Waals surface area contributed by atoms with E-state index in [-0.39, 0.29) is 5.91 Å². The molecule has 146 valence electrons. The second-order valence-electron chi connectivity index (χ2n) is 6.35. The van der Waals surface area contributed by atoms with Crippen LogP contribution in [0.3, 0.4) is 0 Å². The molecule has 1 N–H and O–H groups in total. The zero-order valence-electron chi connectivity index (χ0n) is 15.6. The Bertz CT molecular complexity index is 943. The van der Waals surface area contributed by atoms with Crippen molar-refractivity contribution in [1.29, 1.82) is 0 Å². The van der Waals surface area contributed by atoms with Gasteiger partial charge in [0, 0.05) is 17.0 Å². The highest BCUT2D eigenvalue weighted by atomic mass is 35.5. The van der Waals surface area contributed by atoms with Gasteiger partial charge in [0.05, 0.1) is 18.1 Å². The molecule has 7 heteroatoms. The van der Waals surface area contributed by atoms with Gasteiger partial charge in [-0.15, -0.1) is 0 Å². The average molecular weight is 434 g/mol. The highest BCUT2D eigenvalue weighted by Gasteiger charge is 2.22. The Morgan fingerprint density at radius 1 is 1.11 bits per heavy atom. The van der Waals surface area contributed by atoms with E-state index in [9.17, 15) is 4.79 Å². The van der Waals surface area contributed by atoms with Gasteiger partial charge in [0.15, 0.2) is 0 Å². The van der Waals surface area contributed by atoms with Crippen molar-refractivity contribution in [3.63, 3.8) is 0 Å². The third-order valence-corrected chi connectivity index (χ3v) is 5.43. The fraction of sp³-hybridized carbons (Fsp3) is 0.238. The summed E-state index contributed by atoms with van der Waals surface area (Å²) in [5.41, 5.74) is 3.08. The number of thioether (sulfide) groups is 1. The minimum Gasteiger partial charge on any atom is -0.493 e. The molecule has 2 aromatic rings. The van der Waals surface area contributed by atoms with Gasteiger partial charge in [0.2, 0.25) is 0 Å². The number of nitrogens with one attached hydrogen (secondary N) is 1. The molecule has 28 heavy (non-hydrogen) atoms. The lowest BCUT2D eigenvalue weighted by atomic mass is 10.1. The molecule has 0 aliphatic carbocycles. The van der Waals surface area contributed by atoms with Gasteiger partial charge in [-0.25, -0.2) is 0 Å². The summed E-state index contributed by atoms with van der Waals surface area (Å²) in [5.74, 6) is 1.35. The number of ether oxygens (including phenoxy) is 2. The van der Waals surface area contributed by atoms with Crippen molar-refractivity contribution in [2.75, 3.05) is 13.2 Å². The van der Waals surface area contributed by atoms with Gasteiger partial charge in [-0.2, -0.15) is 0 Å². The molecule has 1 saturated heterocycles. The first kappa shape index (κ1) is 20.7. The largest absolute Gasteiger partial charge is 0.493 e. The predicted octanol–water partition coefficient (Wildman–Crippen LogP) is 5.29. The lowest BCUT2D eigenvalue weighted by Gasteiger charge is -2.12. The number of aryl methyl sites for hydroxylation is 2. The molecule has 1 amide bonds. The molecule has 0 bridgehead atoms. The lowest BCUT2D eigenvalue weighted by molar-refractivity contribution is -0.115. The van der Waals surface area contributed by atoms with Crippen LogP contribution in [-0.2, 0) is 4.79 Å². The minimum atomic E-state index is -0.206. The number of carbonyl (C=O) groups excluding carboxylic acids is 1. The van der Waals surface area contributed by atoms with E-state index < -0.39 is 0 Å². The number of carbonyl (C=O) groups is 1. The summed E-state index contributed by atoms with van der Waals surface area (Å²) >= 11 is 12.4. The van der Waals surface area contributed by atoms with Crippen LogP contribution in [-0.4, -0.2) is 23.4 Å². The van der Waals surface area contributed by atoms with Gasteiger partial charge in [0.25, 0.3) is 5.91 Å². The van der Waals surface area contributed by atoms with Crippen molar-refractivity contribution in [3.05, 3.63) is 63.0 Å². The van der Waals surface area contributed by atoms with Gasteiger partial charge in [-0.05, 0) is 49.8 Å². The van der Waals surface area contributed by atoms with Gasteiger partial charge < -0.3 is 14.8 Å². The van der Waals surface area contributed by atoms with Gasteiger partial charge in [0.1, 0.15) is 15.8 Å². The predicted molar refractivity (Wildman–Crippen MR) is 119 cm³/mol. The number of hydrogen-bond acceptors (Lipinski definition) is 5. The fourth-order valence-electron chi connectivity index (χ4n) is 2.71. The monoisotopic (exact) mass is 433 g/mol. The van der Waals surface area contributed by atoms with Crippen molar-refractivity contribution in [2.45, 2.75) is 20.3 Å². The van der Waals surface area contributed by atoms with Crippen LogP contribution in [0.15, 0.2) is 41.3 Å². The van der Waals surface area contributed by atoms with E-state index in [1.54, 1.807) is 24.3 Å². The summed E-state index contributed by atoms with van der Waals surface area (Å²) in [5, 5.41) is 3.17. The maximum atomic E-state index is 11.9. The summed E-state index contributed by atoms with van der Waals surface area (Å²) in [7, 11) is 0. The molecule has 0 spiro atoms. The highest BCUT2D eigenvalue weighted by Crippen LogP contribution is 2.31. The van der Waals surface area contributed by atoms with E-state index in [1.807, 2.05) is 19.1 Å². The number of amides is 1. The first-order valence-corrected chi connectivity index (χ1v) is 10.4. The molecule has 1 heterocycles. The number of rotatable bonds is 7. The Kier molecular flexibility index (Phi) is 6.99. The zero-order chi connectivity index (χ0) is 20.1. The Balaban J connectivity index is 1.58. The molecule has 1 fully saturated rings. The SMILES string of the molecule is Cc1ccc(OCCCOc2ccc(Cl)cc2/C=C2/SC(=S)NC2=O)c(C)c1. The number of hydrogen-bond donors (Lipinski definition) is 1. The summed E-state index contributed by atoms with van der Waals surface area (Å²) in [6, 6.07) is 11.5. The number of benzene rings is 2. The number of thiocarbonyl (C=S) groups is 1.